The van der Waals surface area contributed by atoms with Crippen molar-refractivity contribution in [3.05, 3.63) is 48.4 Å². The lowest BCUT2D eigenvalue weighted by atomic mass is 10.1. The van der Waals surface area contributed by atoms with Crippen molar-refractivity contribution in [2.45, 2.75) is 38.1 Å². The van der Waals surface area contributed by atoms with Crippen LogP contribution in [0.5, 0.6) is 0 Å². The molecule has 124 valence electrons. The minimum Gasteiger partial charge on any atom is -0.370 e. The van der Waals surface area contributed by atoms with Gasteiger partial charge in [0, 0.05) is 35.8 Å². The van der Waals surface area contributed by atoms with Crippen molar-refractivity contribution in [1.29, 1.82) is 0 Å². The lowest BCUT2D eigenvalue weighted by Crippen LogP contribution is -2.16. The Morgan fingerprint density at radius 2 is 1.92 bits per heavy atom. The zero-order valence-electron chi connectivity index (χ0n) is 13.8. The van der Waals surface area contributed by atoms with Gasteiger partial charge in [-0.1, -0.05) is 31.0 Å². The van der Waals surface area contributed by atoms with E-state index in [1.54, 1.807) is 6.33 Å². The molecule has 0 aliphatic heterocycles. The molecule has 2 aromatic heterocycles. The molecule has 1 saturated carbocycles. The summed E-state index contributed by atoms with van der Waals surface area (Å²) < 4.78 is 0. The lowest BCUT2D eigenvalue weighted by Gasteiger charge is -2.13. The highest BCUT2D eigenvalue weighted by Gasteiger charge is 2.15. The van der Waals surface area contributed by atoms with Crippen molar-refractivity contribution < 1.29 is 0 Å². The second-order valence-corrected chi connectivity index (χ2v) is 6.45. The van der Waals surface area contributed by atoms with Gasteiger partial charge in [0.1, 0.15) is 18.0 Å². The Labute approximate surface area is 141 Å². The predicted molar refractivity (Wildman–Crippen MR) is 98.4 cm³/mol. The van der Waals surface area contributed by atoms with E-state index in [0.717, 1.165) is 24.6 Å². The number of benzene rings is 1. The Morgan fingerprint density at radius 1 is 1.08 bits per heavy atom. The molecule has 0 atom stereocenters. The van der Waals surface area contributed by atoms with Crippen LogP contribution in [0.4, 0.5) is 11.6 Å². The summed E-state index contributed by atoms with van der Waals surface area (Å²) >= 11 is 0. The Morgan fingerprint density at radius 3 is 2.83 bits per heavy atom. The van der Waals surface area contributed by atoms with E-state index in [9.17, 15) is 0 Å². The smallest absolute Gasteiger partial charge is 0.131 e. The molecule has 1 aliphatic carbocycles. The number of H-pyrrole nitrogens is 1. The SMILES string of the molecule is c1ccc2c(CCNc3cc(NC4CCCC4)ncn3)c[nH]c2c1. The summed E-state index contributed by atoms with van der Waals surface area (Å²) in [5.41, 5.74) is 2.52. The second kappa shape index (κ2) is 6.91. The molecule has 1 aromatic carbocycles. The van der Waals surface area contributed by atoms with Crippen LogP contribution in [0.25, 0.3) is 10.9 Å². The Bertz CT molecular complexity index is 804. The molecule has 0 amide bonds. The van der Waals surface area contributed by atoms with Gasteiger partial charge in [0.2, 0.25) is 0 Å². The Balaban J connectivity index is 1.35. The fraction of sp³-hybridized carbons (Fsp3) is 0.368. The summed E-state index contributed by atoms with van der Waals surface area (Å²) in [7, 11) is 0. The van der Waals surface area contributed by atoms with Crippen LogP contribution in [0.15, 0.2) is 42.9 Å². The highest BCUT2D eigenvalue weighted by atomic mass is 15.1. The Hall–Kier alpha value is -2.56. The molecule has 3 aromatic rings. The van der Waals surface area contributed by atoms with Gasteiger partial charge >= 0.3 is 0 Å². The van der Waals surface area contributed by atoms with Gasteiger partial charge < -0.3 is 15.6 Å². The minimum absolute atomic E-state index is 0.568. The zero-order chi connectivity index (χ0) is 16.2. The molecule has 3 N–H and O–H groups in total. The molecule has 2 heterocycles. The van der Waals surface area contributed by atoms with E-state index in [0.29, 0.717) is 6.04 Å². The number of aromatic nitrogens is 3. The summed E-state index contributed by atoms with van der Waals surface area (Å²) in [5, 5.41) is 8.22. The average Bonchev–Trinajstić information content (AvgIpc) is 3.26. The molecule has 0 bridgehead atoms. The standard InChI is InChI=1S/C19H23N5/c1-2-6-15(5-1)24-19-11-18(22-13-23-19)20-10-9-14-12-21-17-8-4-3-7-16(14)17/h3-4,7-8,11-13,15,21H,1-2,5-6,9-10H2,(H2,20,22,23,24). The quantitative estimate of drug-likeness (QED) is 0.643. The fourth-order valence-electron chi connectivity index (χ4n) is 3.48. The molecular weight excluding hydrogens is 298 g/mol. The van der Waals surface area contributed by atoms with Crippen LogP contribution < -0.4 is 10.6 Å². The van der Waals surface area contributed by atoms with Crippen LogP contribution in [0.3, 0.4) is 0 Å². The summed E-state index contributed by atoms with van der Waals surface area (Å²) in [6, 6.07) is 11.0. The van der Waals surface area contributed by atoms with Gasteiger partial charge in [-0.3, -0.25) is 0 Å². The fourth-order valence-corrected chi connectivity index (χ4v) is 3.48. The third-order valence-corrected chi connectivity index (χ3v) is 4.75. The molecule has 5 nitrogen and oxygen atoms in total. The molecule has 1 aliphatic rings. The van der Waals surface area contributed by atoms with Crippen molar-refractivity contribution in [1.82, 2.24) is 15.0 Å². The third-order valence-electron chi connectivity index (χ3n) is 4.75. The highest BCUT2D eigenvalue weighted by molar-refractivity contribution is 5.83. The number of para-hydroxylation sites is 1. The van der Waals surface area contributed by atoms with E-state index in [2.05, 4.69) is 56.0 Å². The second-order valence-electron chi connectivity index (χ2n) is 6.45. The summed E-state index contributed by atoms with van der Waals surface area (Å²) in [4.78, 5) is 12.0. The van der Waals surface area contributed by atoms with Crippen LogP contribution >= 0.6 is 0 Å². The van der Waals surface area contributed by atoms with Crippen molar-refractivity contribution in [3.63, 3.8) is 0 Å². The van der Waals surface area contributed by atoms with E-state index in [4.69, 9.17) is 0 Å². The minimum atomic E-state index is 0.568. The monoisotopic (exact) mass is 321 g/mol. The van der Waals surface area contributed by atoms with Crippen LogP contribution in [-0.2, 0) is 6.42 Å². The number of nitrogens with one attached hydrogen (secondary N) is 3. The van der Waals surface area contributed by atoms with Gasteiger partial charge in [-0.05, 0) is 30.9 Å². The number of anilines is 2. The molecule has 0 saturated heterocycles. The first-order valence-corrected chi connectivity index (χ1v) is 8.76. The van der Waals surface area contributed by atoms with Gasteiger partial charge in [-0.2, -0.15) is 0 Å². The first-order valence-electron chi connectivity index (χ1n) is 8.76. The van der Waals surface area contributed by atoms with Crippen LogP contribution in [0.2, 0.25) is 0 Å². The summed E-state index contributed by atoms with van der Waals surface area (Å²) in [5.74, 6) is 1.80. The van der Waals surface area contributed by atoms with E-state index in [-0.39, 0.29) is 0 Å². The topological polar surface area (TPSA) is 65.6 Å². The van der Waals surface area contributed by atoms with E-state index in [1.165, 1.54) is 42.1 Å². The maximum Gasteiger partial charge on any atom is 0.131 e. The molecule has 4 rings (SSSR count). The maximum absolute atomic E-state index is 4.33. The van der Waals surface area contributed by atoms with E-state index >= 15 is 0 Å². The molecule has 0 spiro atoms. The largest absolute Gasteiger partial charge is 0.370 e. The number of fused-ring (bicyclic) bond motifs is 1. The number of aromatic amines is 1. The van der Waals surface area contributed by atoms with Crippen LogP contribution in [-0.4, -0.2) is 27.5 Å². The lowest BCUT2D eigenvalue weighted by molar-refractivity contribution is 0.750. The van der Waals surface area contributed by atoms with Crippen molar-refractivity contribution in [3.8, 4) is 0 Å². The van der Waals surface area contributed by atoms with Gasteiger partial charge in [0.05, 0.1) is 0 Å². The van der Waals surface area contributed by atoms with Gasteiger partial charge in [-0.15, -0.1) is 0 Å². The number of rotatable bonds is 6. The van der Waals surface area contributed by atoms with Gasteiger partial charge in [-0.25, -0.2) is 9.97 Å². The highest BCUT2D eigenvalue weighted by Crippen LogP contribution is 2.22. The third kappa shape index (κ3) is 3.35. The molecular formula is C19H23N5. The molecule has 1 fully saturated rings. The first-order chi connectivity index (χ1) is 11.9. The molecule has 0 unspecified atom stereocenters. The van der Waals surface area contributed by atoms with E-state index in [1.807, 2.05) is 6.07 Å². The molecule has 24 heavy (non-hydrogen) atoms. The zero-order valence-corrected chi connectivity index (χ0v) is 13.8. The predicted octanol–water partition coefficient (Wildman–Crippen LogP) is 3.97. The van der Waals surface area contributed by atoms with Crippen LogP contribution in [0, 0.1) is 0 Å². The molecule has 5 heteroatoms. The van der Waals surface area contributed by atoms with Crippen molar-refractivity contribution in [2.75, 3.05) is 17.2 Å². The number of hydrogen-bond donors (Lipinski definition) is 3. The molecule has 0 radical (unpaired) electrons. The van der Waals surface area contributed by atoms with Crippen molar-refractivity contribution in [2.24, 2.45) is 0 Å². The maximum atomic E-state index is 4.33. The Kier molecular flexibility index (Phi) is 4.32. The number of hydrogen-bond acceptors (Lipinski definition) is 4. The summed E-state index contributed by atoms with van der Waals surface area (Å²) in [6.45, 7) is 0.849. The van der Waals surface area contributed by atoms with Gasteiger partial charge in [0.25, 0.3) is 0 Å². The van der Waals surface area contributed by atoms with Crippen LogP contribution in [0.1, 0.15) is 31.2 Å². The van der Waals surface area contributed by atoms with Crippen molar-refractivity contribution >= 4 is 22.5 Å². The van der Waals surface area contributed by atoms with Gasteiger partial charge in [0.15, 0.2) is 0 Å². The normalized spacial score (nSPS) is 15.0. The van der Waals surface area contributed by atoms with E-state index < -0.39 is 0 Å². The average molecular weight is 321 g/mol. The number of nitrogens with zero attached hydrogens (tertiary/aromatic N) is 2. The first kappa shape index (κ1) is 15.0. The summed E-state index contributed by atoms with van der Waals surface area (Å²) in [6.07, 6.45) is 9.81.